The summed E-state index contributed by atoms with van der Waals surface area (Å²) in [4.78, 5) is 27.2. The van der Waals surface area contributed by atoms with Crippen LogP contribution in [0.5, 0.6) is 0 Å². The third-order valence-electron chi connectivity index (χ3n) is 3.64. The van der Waals surface area contributed by atoms with Crippen LogP contribution in [-0.2, 0) is 4.79 Å². The van der Waals surface area contributed by atoms with E-state index in [1.54, 1.807) is 0 Å². The Bertz CT molecular complexity index is 349. The van der Waals surface area contributed by atoms with Gasteiger partial charge in [-0.3, -0.25) is 0 Å². The van der Waals surface area contributed by atoms with Gasteiger partial charge in [-0.15, -0.1) is 11.8 Å². The van der Waals surface area contributed by atoms with Gasteiger partial charge in [0.05, 0.1) is 5.88 Å². The van der Waals surface area contributed by atoms with Crippen molar-refractivity contribution in [1.82, 2.24) is 9.80 Å². The maximum Gasteiger partial charge on any atom is 0.327 e. The molecule has 1 aliphatic heterocycles. The van der Waals surface area contributed by atoms with Crippen molar-refractivity contribution in [2.24, 2.45) is 11.8 Å². The van der Waals surface area contributed by atoms with Crippen LogP contribution in [0.25, 0.3) is 0 Å². The number of hydrogen-bond donors (Lipinski definition) is 1. The highest BCUT2D eigenvalue weighted by Crippen LogP contribution is 2.23. The van der Waals surface area contributed by atoms with Gasteiger partial charge in [0.15, 0.2) is 0 Å². The van der Waals surface area contributed by atoms with E-state index in [0.717, 1.165) is 12.8 Å². The first kappa shape index (κ1) is 18.1. The monoisotopic (exact) mass is 316 g/mol. The zero-order valence-corrected chi connectivity index (χ0v) is 14.4. The average Bonchev–Trinajstić information content (AvgIpc) is 2.86. The van der Waals surface area contributed by atoms with Gasteiger partial charge in [0.2, 0.25) is 0 Å². The first-order valence-electron chi connectivity index (χ1n) is 7.69. The number of amides is 2. The molecule has 5 nitrogen and oxygen atoms in total. The van der Waals surface area contributed by atoms with Crippen LogP contribution < -0.4 is 0 Å². The van der Waals surface area contributed by atoms with Gasteiger partial charge in [0.25, 0.3) is 0 Å². The van der Waals surface area contributed by atoms with Crippen molar-refractivity contribution >= 4 is 23.8 Å². The summed E-state index contributed by atoms with van der Waals surface area (Å²) in [6.45, 7) is 9.95. The number of carboxylic acid groups (broad SMARTS) is 1. The first-order chi connectivity index (χ1) is 9.82. The Morgan fingerprint density at radius 1 is 1.19 bits per heavy atom. The maximum atomic E-state index is 12.7. The summed E-state index contributed by atoms with van der Waals surface area (Å²) in [5.41, 5.74) is 0. The highest BCUT2D eigenvalue weighted by atomic mass is 32.2. The molecule has 122 valence electrons. The predicted molar refractivity (Wildman–Crippen MR) is 86.5 cm³/mol. The first-order valence-corrected chi connectivity index (χ1v) is 8.84. The number of nitrogens with zero attached hydrogens (tertiary/aromatic N) is 2. The molecule has 1 N–H and O–H groups in total. The average molecular weight is 316 g/mol. The SMILES string of the molecule is CC(C)CCN(CCC(C)C)C(=O)N1CSCC1C(=O)O. The van der Waals surface area contributed by atoms with E-state index >= 15 is 0 Å². The minimum absolute atomic E-state index is 0.117. The summed E-state index contributed by atoms with van der Waals surface area (Å²) in [6, 6.07) is -0.795. The fraction of sp³-hybridized carbons (Fsp3) is 0.867. The minimum atomic E-state index is -0.902. The van der Waals surface area contributed by atoms with E-state index in [0.29, 0.717) is 36.6 Å². The molecular weight excluding hydrogens is 288 g/mol. The summed E-state index contributed by atoms with van der Waals surface area (Å²) in [7, 11) is 0. The molecule has 1 heterocycles. The lowest BCUT2D eigenvalue weighted by atomic mass is 10.1. The van der Waals surface area contributed by atoms with Gasteiger partial charge in [-0.25, -0.2) is 9.59 Å². The van der Waals surface area contributed by atoms with Crippen molar-refractivity contribution in [2.75, 3.05) is 24.7 Å². The fourth-order valence-corrected chi connectivity index (χ4v) is 3.29. The second kappa shape index (κ2) is 8.51. The van der Waals surface area contributed by atoms with Crippen LogP contribution in [0.4, 0.5) is 4.79 Å². The Morgan fingerprint density at radius 2 is 1.71 bits per heavy atom. The second-order valence-electron chi connectivity index (χ2n) is 6.46. The van der Waals surface area contributed by atoms with Gasteiger partial charge in [0.1, 0.15) is 6.04 Å². The lowest BCUT2D eigenvalue weighted by molar-refractivity contribution is -0.140. The van der Waals surface area contributed by atoms with Crippen molar-refractivity contribution in [3.8, 4) is 0 Å². The maximum absolute atomic E-state index is 12.7. The molecule has 1 aliphatic rings. The lowest BCUT2D eigenvalue weighted by Gasteiger charge is -2.30. The van der Waals surface area contributed by atoms with Crippen LogP contribution >= 0.6 is 11.8 Å². The second-order valence-corrected chi connectivity index (χ2v) is 7.46. The molecule has 1 unspecified atom stereocenters. The largest absolute Gasteiger partial charge is 0.480 e. The van der Waals surface area contributed by atoms with E-state index in [1.165, 1.54) is 16.7 Å². The normalized spacial score (nSPS) is 18.6. The van der Waals surface area contributed by atoms with Crippen LogP contribution in [0.15, 0.2) is 0 Å². The number of hydrogen-bond acceptors (Lipinski definition) is 3. The van der Waals surface area contributed by atoms with Gasteiger partial charge in [-0.05, 0) is 24.7 Å². The van der Waals surface area contributed by atoms with Gasteiger partial charge in [-0.1, -0.05) is 27.7 Å². The zero-order valence-electron chi connectivity index (χ0n) is 13.5. The number of carbonyl (C=O) groups is 2. The van der Waals surface area contributed by atoms with E-state index in [2.05, 4.69) is 27.7 Å². The van der Waals surface area contributed by atoms with Crippen LogP contribution in [0.1, 0.15) is 40.5 Å². The molecule has 1 rings (SSSR count). The molecule has 0 aromatic heterocycles. The molecule has 0 bridgehead atoms. The number of thioether (sulfide) groups is 1. The van der Waals surface area contributed by atoms with Crippen molar-refractivity contribution in [3.63, 3.8) is 0 Å². The number of carbonyl (C=O) groups excluding carboxylic acids is 1. The van der Waals surface area contributed by atoms with Crippen LogP contribution in [0, 0.1) is 11.8 Å². The smallest absolute Gasteiger partial charge is 0.327 e. The van der Waals surface area contributed by atoms with E-state index in [-0.39, 0.29) is 6.03 Å². The Morgan fingerprint density at radius 3 is 2.14 bits per heavy atom. The van der Waals surface area contributed by atoms with Gasteiger partial charge >= 0.3 is 12.0 Å². The summed E-state index contributed by atoms with van der Waals surface area (Å²) in [6.07, 6.45) is 1.89. The highest BCUT2D eigenvalue weighted by Gasteiger charge is 2.36. The standard InChI is InChI=1S/C15H28N2O3S/c1-11(2)5-7-16(8-6-12(3)4)15(20)17-10-21-9-13(17)14(18)19/h11-13H,5-10H2,1-4H3,(H,18,19). The Hall–Kier alpha value is -0.910. The topological polar surface area (TPSA) is 60.9 Å². The molecule has 21 heavy (non-hydrogen) atoms. The van der Waals surface area contributed by atoms with Crippen molar-refractivity contribution < 1.29 is 14.7 Å². The third kappa shape index (κ3) is 5.77. The molecule has 1 saturated heterocycles. The molecule has 0 aromatic carbocycles. The Balaban J connectivity index is 2.70. The molecule has 0 spiro atoms. The molecule has 1 fully saturated rings. The summed E-state index contributed by atoms with van der Waals surface area (Å²) in [5.74, 6) is 1.13. The lowest BCUT2D eigenvalue weighted by Crippen LogP contribution is -2.49. The van der Waals surface area contributed by atoms with Crippen LogP contribution in [0.2, 0.25) is 0 Å². The molecule has 6 heteroatoms. The predicted octanol–water partition coefficient (Wildman–Crippen LogP) is 2.96. The number of rotatable bonds is 7. The molecule has 1 atom stereocenters. The van der Waals surface area contributed by atoms with E-state index in [1.807, 2.05) is 4.90 Å². The van der Waals surface area contributed by atoms with Crippen LogP contribution in [0.3, 0.4) is 0 Å². The molecule has 0 radical (unpaired) electrons. The third-order valence-corrected chi connectivity index (χ3v) is 4.65. The highest BCUT2D eigenvalue weighted by molar-refractivity contribution is 7.99. The molecule has 0 aromatic rings. The minimum Gasteiger partial charge on any atom is -0.480 e. The van der Waals surface area contributed by atoms with Crippen molar-refractivity contribution in [2.45, 2.75) is 46.6 Å². The van der Waals surface area contributed by atoms with Gasteiger partial charge in [0, 0.05) is 18.8 Å². The zero-order chi connectivity index (χ0) is 16.0. The molecule has 0 aliphatic carbocycles. The van der Waals surface area contributed by atoms with Gasteiger partial charge < -0.3 is 14.9 Å². The van der Waals surface area contributed by atoms with Crippen LogP contribution in [-0.4, -0.2) is 57.7 Å². The number of aliphatic carboxylic acids is 1. The van der Waals surface area contributed by atoms with E-state index < -0.39 is 12.0 Å². The summed E-state index contributed by atoms with van der Waals surface area (Å²) in [5, 5.41) is 9.22. The van der Waals surface area contributed by atoms with E-state index in [9.17, 15) is 14.7 Å². The molecular formula is C15H28N2O3S. The fourth-order valence-electron chi connectivity index (χ4n) is 2.15. The number of urea groups is 1. The van der Waals surface area contributed by atoms with Gasteiger partial charge in [-0.2, -0.15) is 0 Å². The van der Waals surface area contributed by atoms with Crippen molar-refractivity contribution in [3.05, 3.63) is 0 Å². The summed E-state index contributed by atoms with van der Waals surface area (Å²) < 4.78 is 0. The molecule has 2 amide bonds. The number of carboxylic acids is 1. The molecule has 0 saturated carbocycles. The quantitative estimate of drug-likeness (QED) is 0.784. The van der Waals surface area contributed by atoms with E-state index in [4.69, 9.17) is 0 Å². The summed E-state index contributed by atoms with van der Waals surface area (Å²) >= 11 is 1.51. The Labute approximate surface area is 132 Å². The van der Waals surface area contributed by atoms with Crippen molar-refractivity contribution in [1.29, 1.82) is 0 Å². The Kier molecular flexibility index (Phi) is 7.35.